The number of nitrogens with zero attached hydrogens (tertiary/aromatic N) is 2. The fraction of sp³-hybridized carbons (Fsp3) is 0.333. The van der Waals surface area contributed by atoms with Crippen LogP contribution in [0.3, 0.4) is 0 Å². The Morgan fingerprint density at radius 2 is 1.80 bits per heavy atom. The SMILES string of the molecule is C[C@H](C(=O)N(C)Cc1ccccc1)S(=O)(=O)Cc1ccn(C)c(=O)c1. The quantitative estimate of drug-likeness (QED) is 0.777. The van der Waals surface area contributed by atoms with E-state index in [1.165, 1.54) is 28.7 Å². The molecule has 7 heteroatoms. The Morgan fingerprint density at radius 1 is 1.16 bits per heavy atom. The number of benzene rings is 1. The Balaban J connectivity index is 2.10. The lowest BCUT2D eigenvalue weighted by atomic mass is 10.2. The Hall–Kier alpha value is -2.41. The highest BCUT2D eigenvalue weighted by molar-refractivity contribution is 7.92. The van der Waals surface area contributed by atoms with Gasteiger partial charge < -0.3 is 9.47 Å². The standard InChI is InChI=1S/C18H22N2O4S/c1-14(18(22)20(3)12-15-7-5-4-6-8-15)25(23,24)13-16-9-10-19(2)17(21)11-16/h4-11,14H,12-13H2,1-3H3/t14-/m1/s1. The van der Waals surface area contributed by atoms with Crippen molar-refractivity contribution in [2.75, 3.05) is 7.05 Å². The third-order valence-electron chi connectivity index (χ3n) is 4.06. The molecule has 2 rings (SSSR count). The molecule has 0 unspecified atom stereocenters. The predicted molar refractivity (Wildman–Crippen MR) is 96.7 cm³/mol. The lowest BCUT2D eigenvalue weighted by Gasteiger charge is -2.21. The van der Waals surface area contributed by atoms with Crippen molar-refractivity contribution in [2.24, 2.45) is 7.05 Å². The highest BCUT2D eigenvalue weighted by Crippen LogP contribution is 2.13. The largest absolute Gasteiger partial charge is 0.340 e. The molecular formula is C18H22N2O4S. The molecule has 0 bridgehead atoms. The normalized spacial score (nSPS) is 12.6. The molecule has 0 radical (unpaired) electrons. The Bertz CT molecular complexity index is 904. The molecule has 6 nitrogen and oxygen atoms in total. The zero-order valence-corrected chi connectivity index (χ0v) is 15.4. The van der Waals surface area contributed by atoms with Crippen molar-refractivity contribution in [3.8, 4) is 0 Å². The molecule has 0 spiro atoms. The first-order valence-electron chi connectivity index (χ1n) is 7.87. The van der Waals surface area contributed by atoms with Crippen LogP contribution >= 0.6 is 0 Å². The lowest BCUT2D eigenvalue weighted by molar-refractivity contribution is -0.129. The lowest BCUT2D eigenvalue weighted by Crippen LogP contribution is -2.39. The maximum absolute atomic E-state index is 12.5. The smallest absolute Gasteiger partial charge is 0.250 e. The van der Waals surface area contributed by atoms with E-state index < -0.39 is 21.0 Å². The van der Waals surface area contributed by atoms with Gasteiger partial charge in [0.25, 0.3) is 5.56 Å². The second-order valence-electron chi connectivity index (χ2n) is 6.11. The second-order valence-corrected chi connectivity index (χ2v) is 8.43. The van der Waals surface area contributed by atoms with Crippen LogP contribution in [0, 0.1) is 0 Å². The summed E-state index contributed by atoms with van der Waals surface area (Å²) in [7, 11) is -0.547. The average Bonchev–Trinajstić information content (AvgIpc) is 2.57. The number of aryl methyl sites for hydroxylation is 1. The molecule has 1 aromatic carbocycles. The molecule has 1 atom stereocenters. The number of carbonyl (C=O) groups is 1. The van der Waals surface area contributed by atoms with E-state index in [1.54, 1.807) is 20.2 Å². The molecule has 134 valence electrons. The summed E-state index contributed by atoms with van der Waals surface area (Å²) in [5, 5.41) is -1.18. The summed E-state index contributed by atoms with van der Waals surface area (Å²) in [6.07, 6.45) is 1.52. The van der Waals surface area contributed by atoms with Crippen LogP contribution in [0.2, 0.25) is 0 Å². The molecule has 0 saturated carbocycles. The van der Waals surface area contributed by atoms with E-state index in [0.29, 0.717) is 12.1 Å². The number of hydrogen-bond acceptors (Lipinski definition) is 4. The van der Waals surface area contributed by atoms with Gasteiger partial charge in [0.05, 0.1) is 5.75 Å². The zero-order valence-electron chi connectivity index (χ0n) is 14.5. The topological polar surface area (TPSA) is 76.5 Å². The van der Waals surface area contributed by atoms with Crippen LogP contribution in [0.15, 0.2) is 53.5 Å². The maximum atomic E-state index is 12.5. The summed E-state index contributed by atoms with van der Waals surface area (Å²) in [6.45, 7) is 1.73. The van der Waals surface area contributed by atoms with Crippen molar-refractivity contribution in [3.63, 3.8) is 0 Å². The monoisotopic (exact) mass is 362 g/mol. The van der Waals surface area contributed by atoms with Crippen molar-refractivity contribution in [2.45, 2.75) is 24.5 Å². The zero-order chi connectivity index (χ0) is 18.6. The van der Waals surface area contributed by atoms with Crippen LogP contribution in [0.1, 0.15) is 18.1 Å². The van der Waals surface area contributed by atoms with Crippen LogP contribution in [0.5, 0.6) is 0 Å². The van der Waals surface area contributed by atoms with Crippen LogP contribution in [-0.4, -0.2) is 36.1 Å². The average molecular weight is 362 g/mol. The summed E-state index contributed by atoms with van der Waals surface area (Å²) in [5.41, 5.74) is 1.02. The third kappa shape index (κ3) is 4.79. The van der Waals surface area contributed by atoms with Gasteiger partial charge in [-0.25, -0.2) is 8.42 Å². The Kier molecular flexibility index (Phi) is 5.79. The number of sulfone groups is 1. The molecule has 1 amide bonds. The highest BCUT2D eigenvalue weighted by atomic mass is 32.2. The van der Waals surface area contributed by atoms with Gasteiger partial charge >= 0.3 is 0 Å². The Labute approximate surface area is 147 Å². The number of amides is 1. The first-order chi connectivity index (χ1) is 11.7. The molecule has 0 aliphatic heterocycles. The molecule has 1 heterocycles. The van der Waals surface area contributed by atoms with Crippen LogP contribution < -0.4 is 5.56 Å². The molecule has 25 heavy (non-hydrogen) atoms. The van der Waals surface area contributed by atoms with Crippen LogP contribution in [-0.2, 0) is 34.0 Å². The fourth-order valence-corrected chi connectivity index (χ4v) is 3.82. The minimum atomic E-state index is -3.72. The van der Waals surface area contributed by atoms with Crippen molar-refractivity contribution in [1.82, 2.24) is 9.47 Å². The number of pyridine rings is 1. The summed E-state index contributed by atoms with van der Waals surface area (Å²) in [5.74, 6) is -0.803. The molecule has 0 saturated heterocycles. The minimum Gasteiger partial charge on any atom is -0.340 e. The van der Waals surface area contributed by atoms with E-state index in [-0.39, 0.29) is 11.3 Å². The number of hydrogen-bond donors (Lipinski definition) is 0. The molecule has 0 aliphatic rings. The molecule has 1 aromatic heterocycles. The van der Waals surface area contributed by atoms with E-state index in [0.717, 1.165) is 5.56 Å². The molecule has 2 aromatic rings. The first kappa shape index (κ1) is 18.9. The summed E-state index contributed by atoms with van der Waals surface area (Å²) in [4.78, 5) is 25.5. The first-order valence-corrected chi connectivity index (χ1v) is 9.58. The third-order valence-corrected chi connectivity index (χ3v) is 6.08. The number of rotatable bonds is 6. The van der Waals surface area contributed by atoms with E-state index >= 15 is 0 Å². The number of aromatic nitrogens is 1. The molecular weight excluding hydrogens is 340 g/mol. The summed E-state index contributed by atoms with van der Waals surface area (Å²) < 4.78 is 26.4. The Morgan fingerprint density at radius 3 is 2.40 bits per heavy atom. The van der Waals surface area contributed by atoms with Crippen LogP contribution in [0.4, 0.5) is 0 Å². The van der Waals surface area contributed by atoms with Gasteiger partial charge in [-0.05, 0) is 24.1 Å². The van der Waals surface area contributed by atoms with Gasteiger partial charge in [0.2, 0.25) is 5.91 Å². The van der Waals surface area contributed by atoms with Gasteiger partial charge in [-0.2, -0.15) is 0 Å². The highest BCUT2D eigenvalue weighted by Gasteiger charge is 2.30. The molecule has 0 N–H and O–H groups in total. The van der Waals surface area contributed by atoms with Gasteiger partial charge in [-0.1, -0.05) is 30.3 Å². The van der Waals surface area contributed by atoms with Gasteiger partial charge in [-0.15, -0.1) is 0 Å². The van der Waals surface area contributed by atoms with Crippen molar-refractivity contribution < 1.29 is 13.2 Å². The van der Waals surface area contributed by atoms with Gasteiger partial charge in [0, 0.05) is 32.9 Å². The van der Waals surface area contributed by atoms with Crippen molar-refractivity contribution >= 4 is 15.7 Å². The van der Waals surface area contributed by atoms with E-state index in [4.69, 9.17) is 0 Å². The summed E-state index contributed by atoms with van der Waals surface area (Å²) >= 11 is 0. The summed E-state index contributed by atoms with van der Waals surface area (Å²) in [6, 6.07) is 12.2. The van der Waals surface area contributed by atoms with Crippen molar-refractivity contribution in [3.05, 3.63) is 70.1 Å². The van der Waals surface area contributed by atoms with E-state index in [2.05, 4.69) is 0 Å². The van der Waals surface area contributed by atoms with Gasteiger partial charge in [-0.3, -0.25) is 9.59 Å². The second kappa shape index (κ2) is 7.65. The van der Waals surface area contributed by atoms with Crippen LogP contribution in [0.25, 0.3) is 0 Å². The van der Waals surface area contributed by atoms with E-state index in [1.807, 2.05) is 30.3 Å². The maximum Gasteiger partial charge on any atom is 0.250 e. The van der Waals surface area contributed by atoms with Crippen molar-refractivity contribution in [1.29, 1.82) is 0 Å². The number of carbonyl (C=O) groups excluding carboxylic acids is 1. The predicted octanol–water partition coefficient (Wildman–Crippen LogP) is 1.35. The molecule has 0 aliphatic carbocycles. The van der Waals surface area contributed by atoms with Gasteiger partial charge in [0.15, 0.2) is 9.84 Å². The molecule has 0 fully saturated rings. The van der Waals surface area contributed by atoms with Gasteiger partial charge in [0.1, 0.15) is 5.25 Å². The fourth-order valence-electron chi connectivity index (χ4n) is 2.44. The minimum absolute atomic E-state index is 0.284. The van der Waals surface area contributed by atoms with E-state index in [9.17, 15) is 18.0 Å².